The topological polar surface area (TPSA) is 197 Å². The number of aromatic amines is 1. The predicted octanol–water partition coefficient (Wildman–Crippen LogP) is -1.62. The van der Waals surface area contributed by atoms with Crippen molar-refractivity contribution in [3.05, 3.63) is 18.2 Å². The number of carboxylic acids is 1. The third-order valence-electron chi connectivity index (χ3n) is 5.53. The Labute approximate surface area is 197 Å². The van der Waals surface area contributed by atoms with Crippen LogP contribution in [0, 0.1) is 0 Å². The number of nitrogens with one attached hydrogen (secondary N) is 3. The molecule has 33 heavy (non-hydrogen) atoms. The molecule has 4 unspecified atom stereocenters. The van der Waals surface area contributed by atoms with Gasteiger partial charge in [-0.2, -0.15) is 12.6 Å². The van der Waals surface area contributed by atoms with Crippen LogP contribution in [0.1, 0.15) is 37.8 Å². The molecule has 13 heteroatoms. The molecule has 3 amide bonds. The molecule has 12 nitrogen and oxygen atoms in total. The first-order chi connectivity index (χ1) is 15.8. The van der Waals surface area contributed by atoms with Crippen molar-refractivity contribution in [2.75, 3.05) is 18.8 Å². The van der Waals surface area contributed by atoms with Crippen molar-refractivity contribution >= 4 is 36.3 Å². The third kappa shape index (κ3) is 7.72. The maximum atomic E-state index is 13.0. The highest BCUT2D eigenvalue weighted by molar-refractivity contribution is 7.80. The van der Waals surface area contributed by atoms with Crippen LogP contribution >= 0.6 is 12.6 Å². The normalized spacial score (nSPS) is 18.4. The van der Waals surface area contributed by atoms with Gasteiger partial charge in [0.1, 0.15) is 18.1 Å². The molecular weight excluding hydrogens is 450 g/mol. The molecule has 0 radical (unpaired) electrons. The molecule has 4 atom stereocenters. The lowest BCUT2D eigenvalue weighted by atomic mass is 10.1. The van der Waals surface area contributed by atoms with Gasteiger partial charge in [0, 0.05) is 30.6 Å². The van der Waals surface area contributed by atoms with Crippen molar-refractivity contribution in [3.63, 3.8) is 0 Å². The number of thiol groups is 1. The number of amides is 3. The number of carboxylic acid groups (broad SMARTS) is 1. The van der Waals surface area contributed by atoms with Crippen LogP contribution < -0.4 is 22.1 Å². The fraction of sp³-hybridized carbons (Fsp3) is 0.650. The zero-order valence-corrected chi connectivity index (χ0v) is 19.3. The zero-order chi connectivity index (χ0) is 24.4. The van der Waals surface area contributed by atoms with Gasteiger partial charge < -0.3 is 37.1 Å². The molecule has 0 saturated carbocycles. The van der Waals surface area contributed by atoms with Crippen molar-refractivity contribution in [2.24, 2.45) is 11.5 Å². The van der Waals surface area contributed by atoms with Gasteiger partial charge >= 0.3 is 5.97 Å². The molecule has 0 aromatic carbocycles. The second kappa shape index (κ2) is 13.2. The Morgan fingerprint density at radius 2 is 2.03 bits per heavy atom. The lowest BCUT2D eigenvalue weighted by Crippen LogP contribution is -2.57. The van der Waals surface area contributed by atoms with E-state index in [1.807, 2.05) is 0 Å². The quantitative estimate of drug-likeness (QED) is 0.128. The number of carbonyl (C=O) groups is 4. The number of hydrogen-bond acceptors (Lipinski definition) is 8. The van der Waals surface area contributed by atoms with E-state index in [9.17, 15) is 24.3 Å². The molecule has 0 spiro atoms. The minimum atomic E-state index is -1.21. The fourth-order valence-electron chi connectivity index (χ4n) is 3.71. The molecule has 1 aliphatic rings. The van der Waals surface area contributed by atoms with Crippen LogP contribution in [0.2, 0.25) is 0 Å². The number of carbonyl (C=O) groups excluding carboxylic acids is 3. The summed E-state index contributed by atoms with van der Waals surface area (Å²) in [5.74, 6) is -2.51. The molecule has 1 aliphatic heterocycles. The van der Waals surface area contributed by atoms with Gasteiger partial charge in [-0.15, -0.1) is 0 Å². The van der Waals surface area contributed by atoms with Crippen LogP contribution in [0.5, 0.6) is 0 Å². The highest BCUT2D eigenvalue weighted by atomic mass is 32.1. The molecule has 1 aromatic heterocycles. The number of H-pyrrole nitrogens is 1. The summed E-state index contributed by atoms with van der Waals surface area (Å²) in [6, 6.07) is -3.73. The van der Waals surface area contributed by atoms with Gasteiger partial charge in [0.2, 0.25) is 17.7 Å². The molecule has 0 aliphatic carbocycles. The monoisotopic (exact) mass is 483 g/mol. The van der Waals surface area contributed by atoms with Crippen LogP contribution in [-0.2, 0) is 25.6 Å². The number of aliphatic carboxylic acids is 1. The maximum Gasteiger partial charge on any atom is 0.326 e. The van der Waals surface area contributed by atoms with Gasteiger partial charge in [0.05, 0.1) is 12.4 Å². The Hall–Kier alpha value is -2.64. The number of nitrogens with zero attached hydrogens (tertiary/aromatic N) is 2. The fourth-order valence-corrected chi connectivity index (χ4v) is 3.87. The lowest BCUT2D eigenvalue weighted by Gasteiger charge is -2.28. The second-order valence-corrected chi connectivity index (χ2v) is 8.37. The number of nitrogens with two attached hydrogens (primary N) is 2. The van der Waals surface area contributed by atoms with E-state index in [4.69, 9.17) is 11.5 Å². The van der Waals surface area contributed by atoms with E-state index in [1.54, 1.807) is 0 Å². The number of imidazole rings is 1. The van der Waals surface area contributed by atoms with Gasteiger partial charge in [-0.25, -0.2) is 9.78 Å². The summed E-state index contributed by atoms with van der Waals surface area (Å²) >= 11 is 4.05. The van der Waals surface area contributed by atoms with Gasteiger partial charge in [-0.3, -0.25) is 14.4 Å². The van der Waals surface area contributed by atoms with Crippen LogP contribution in [0.4, 0.5) is 0 Å². The van der Waals surface area contributed by atoms with E-state index >= 15 is 0 Å². The molecule has 0 bridgehead atoms. The number of aromatic nitrogens is 2. The Bertz CT molecular complexity index is 807. The van der Waals surface area contributed by atoms with Gasteiger partial charge in [-0.1, -0.05) is 0 Å². The zero-order valence-electron chi connectivity index (χ0n) is 18.4. The molecule has 2 heterocycles. The van der Waals surface area contributed by atoms with Crippen LogP contribution in [0.3, 0.4) is 0 Å². The second-order valence-electron chi connectivity index (χ2n) is 8.00. The SMILES string of the molecule is NCCCCC(NC(=O)C1CCCN1C(=O)C(N)CS)C(=O)NC(Cc1cnc[nH]1)C(=O)O. The van der Waals surface area contributed by atoms with Crippen LogP contribution in [0.15, 0.2) is 12.5 Å². The molecule has 1 saturated heterocycles. The summed E-state index contributed by atoms with van der Waals surface area (Å²) < 4.78 is 0. The summed E-state index contributed by atoms with van der Waals surface area (Å²) in [4.78, 5) is 58.2. The number of unbranched alkanes of at least 4 members (excludes halogenated alkanes) is 1. The standard InChI is InChI=1S/C20H33N7O5S/c21-6-2-1-4-14(17(28)26-15(20(31)32)8-12-9-23-11-24-12)25-18(29)16-5-3-7-27(16)19(30)13(22)10-33/h9,11,13-16,33H,1-8,10,21-22H2,(H,23,24)(H,25,29)(H,26,28)(H,31,32). The Kier molecular flexibility index (Phi) is 10.6. The first-order valence-corrected chi connectivity index (χ1v) is 11.6. The summed E-state index contributed by atoms with van der Waals surface area (Å²) in [5, 5.41) is 14.7. The van der Waals surface area contributed by atoms with Gasteiger partial charge in [-0.05, 0) is 38.6 Å². The van der Waals surface area contributed by atoms with Crippen molar-refractivity contribution < 1.29 is 24.3 Å². The summed E-state index contributed by atoms with van der Waals surface area (Å²) in [5.41, 5.74) is 11.9. The Morgan fingerprint density at radius 3 is 2.64 bits per heavy atom. The highest BCUT2D eigenvalue weighted by Gasteiger charge is 2.37. The molecule has 1 aromatic rings. The molecule has 184 valence electrons. The number of hydrogen-bond donors (Lipinski definition) is 7. The minimum Gasteiger partial charge on any atom is -0.480 e. The predicted molar refractivity (Wildman–Crippen MR) is 123 cm³/mol. The van der Waals surface area contributed by atoms with E-state index in [1.165, 1.54) is 17.4 Å². The largest absolute Gasteiger partial charge is 0.480 e. The van der Waals surface area contributed by atoms with E-state index in [2.05, 4.69) is 33.2 Å². The van der Waals surface area contributed by atoms with Crippen LogP contribution in [0.25, 0.3) is 0 Å². The summed E-state index contributed by atoms with van der Waals surface area (Å²) in [6.07, 6.45) is 5.47. The average molecular weight is 484 g/mol. The maximum absolute atomic E-state index is 13.0. The smallest absolute Gasteiger partial charge is 0.326 e. The van der Waals surface area contributed by atoms with Crippen molar-refractivity contribution in [1.29, 1.82) is 0 Å². The Morgan fingerprint density at radius 1 is 1.27 bits per heavy atom. The van der Waals surface area contributed by atoms with Crippen molar-refractivity contribution in [3.8, 4) is 0 Å². The first-order valence-electron chi connectivity index (χ1n) is 11.0. The molecular formula is C20H33N7O5S. The van der Waals surface area contributed by atoms with Gasteiger partial charge in [0.15, 0.2) is 0 Å². The van der Waals surface area contributed by atoms with Crippen molar-refractivity contribution in [2.45, 2.75) is 62.7 Å². The minimum absolute atomic E-state index is 0.0110. The Balaban J connectivity index is 2.08. The van der Waals surface area contributed by atoms with Gasteiger partial charge in [0.25, 0.3) is 0 Å². The van der Waals surface area contributed by atoms with E-state index in [0.29, 0.717) is 44.5 Å². The molecule has 1 fully saturated rings. The third-order valence-corrected chi connectivity index (χ3v) is 5.92. The number of likely N-dealkylation sites (tertiary alicyclic amines) is 1. The van der Waals surface area contributed by atoms with Crippen molar-refractivity contribution in [1.82, 2.24) is 25.5 Å². The molecule has 8 N–H and O–H groups in total. The highest BCUT2D eigenvalue weighted by Crippen LogP contribution is 2.19. The van der Waals surface area contributed by atoms with Crippen LogP contribution in [-0.4, -0.2) is 86.7 Å². The molecule has 2 rings (SSSR count). The summed E-state index contributed by atoms with van der Waals surface area (Å²) in [7, 11) is 0. The van der Waals surface area contributed by atoms with E-state index < -0.39 is 42.0 Å². The number of rotatable bonds is 13. The average Bonchev–Trinajstić information content (AvgIpc) is 3.48. The first kappa shape index (κ1) is 26.6. The lowest BCUT2D eigenvalue weighted by molar-refractivity contribution is -0.143. The van der Waals surface area contributed by atoms with E-state index in [-0.39, 0.29) is 24.5 Å². The van der Waals surface area contributed by atoms with E-state index in [0.717, 1.165) is 0 Å². The summed E-state index contributed by atoms with van der Waals surface area (Å²) in [6.45, 7) is 0.820.